The van der Waals surface area contributed by atoms with Crippen molar-refractivity contribution in [2.24, 2.45) is 0 Å². The zero-order valence-corrected chi connectivity index (χ0v) is 14.8. The molecule has 0 aliphatic carbocycles. The number of fused-ring (bicyclic) bond motifs is 1. The fourth-order valence-electron chi connectivity index (χ4n) is 3.32. The van der Waals surface area contributed by atoms with E-state index in [1.54, 1.807) is 0 Å². The SMILES string of the molecule is Cc1cccc2[nH]c(C3CCCN3C(=O)NCc3csc(N)n3)nc12. The van der Waals surface area contributed by atoms with E-state index in [-0.39, 0.29) is 12.1 Å². The normalized spacial score (nSPS) is 17.3. The predicted octanol–water partition coefficient (Wildman–Crippen LogP) is 2.96. The number of nitrogens with zero attached hydrogens (tertiary/aromatic N) is 3. The van der Waals surface area contributed by atoms with E-state index in [0.717, 1.165) is 47.5 Å². The van der Waals surface area contributed by atoms with E-state index in [4.69, 9.17) is 10.7 Å². The maximum atomic E-state index is 12.6. The predicted molar refractivity (Wildman–Crippen MR) is 98.3 cm³/mol. The number of carbonyl (C=O) groups is 1. The highest BCUT2D eigenvalue weighted by molar-refractivity contribution is 7.13. The lowest BCUT2D eigenvalue weighted by molar-refractivity contribution is 0.190. The van der Waals surface area contributed by atoms with Crippen molar-refractivity contribution in [3.8, 4) is 0 Å². The van der Waals surface area contributed by atoms with Crippen molar-refractivity contribution in [3.63, 3.8) is 0 Å². The molecule has 4 rings (SSSR count). The summed E-state index contributed by atoms with van der Waals surface area (Å²) in [6, 6.07) is 5.97. The van der Waals surface area contributed by atoms with Crippen LogP contribution in [0.25, 0.3) is 11.0 Å². The van der Waals surface area contributed by atoms with Crippen molar-refractivity contribution in [1.82, 2.24) is 25.2 Å². The molecule has 1 saturated heterocycles. The van der Waals surface area contributed by atoms with E-state index < -0.39 is 0 Å². The first-order valence-corrected chi connectivity index (χ1v) is 9.19. The first-order valence-electron chi connectivity index (χ1n) is 8.31. The molecule has 0 saturated carbocycles. The Balaban J connectivity index is 1.50. The van der Waals surface area contributed by atoms with Crippen molar-refractivity contribution in [1.29, 1.82) is 0 Å². The van der Waals surface area contributed by atoms with Gasteiger partial charge in [-0.25, -0.2) is 14.8 Å². The Morgan fingerprint density at radius 2 is 2.36 bits per heavy atom. The number of aromatic nitrogens is 3. The number of aryl methyl sites for hydroxylation is 1. The molecule has 0 spiro atoms. The van der Waals surface area contributed by atoms with Gasteiger partial charge in [0.25, 0.3) is 0 Å². The molecular formula is C17H20N6OS. The topological polar surface area (TPSA) is 99.9 Å². The molecule has 8 heteroatoms. The van der Waals surface area contributed by atoms with E-state index in [9.17, 15) is 4.79 Å². The first kappa shape index (κ1) is 15.9. The number of likely N-dealkylation sites (tertiary alicyclic amines) is 1. The number of imidazole rings is 1. The van der Waals surface area contributed by atoms with E-state index in [2.05, 4.69) is 15.3 Å². The fraction of sp³-hybridized carbons (Fsp3) is 0.353. The summed E-state index contributed by atoms with van der Waals surface area (Å²) in [7, 11) is 0. The quantitative estimate of drug-likeness (QED) is 0.672. The van der Waals surface area contributed by atoms with E-state index in [1.165, 1.54) is 11.3 Å². The highest BCUT2D eigenvalue weighted by Gasteiger charge is 2.32. The van der Waals surface area contributed by atoms with Gasteiger partial charge in [-0.05, 0) is 31.4 Å². The van der Waals surface area contributed by atoms with Crippen LogP contribution in [-0.2, 0) is 6.54 Å². The van der Waals surface area contributed by atoms with Gasteiger partial charge in [0, 0.05) is 11.9 Å². The van der Waals surface area contributed by atoms with E-state index in [1.807, 2.05) is 35.4 Å². The second-order valence-corrected chi connectivity index (χ2v) is 7.17. The van der Waals surface area contributed by atoms with Crippen LogP contribution >= 0.6 is 11.3 Å². The molecule has 1 atom stereocenters. The third-order valence-corrected chi connectivity index (χ3v) is 5.27. The summed E-state index contributed by atoms with van der Waals surface area (Å²) in [6.45, 7) is 3.16. The Morgan fingerprint density at radius 3 is 3.12 bits per heavy atom. The average Bonchev–Trinajstić information content (AvgIpc) is 3.31. The zero-order valence-electron chi connectivity index (χ0n) is 14.0. The number of H-pyrrole nitrogens is 1. The number of hydrogen-bond donors (Lipinski definition) is 3. The average molecular weight is 356 g/mol. The lowest BCUT2D eigenvalue weighted by Gasteiger charge is -2.23. The summed E-state index contributed by atoms with van der Waals surface area (Å²) in [5, 5.41) is 5.31. The number of thiazole rings is 1. The van der Waals surface area contributed by atoms with Crippen LogP contribution in [0.5, 0.6) is 0 Å². The van der Waals surface area contributed by atoms with Gasteiger partial charge >= 0.3 is 6.03 Å². The van der Waals surface area contributed by atoms with Gasteiger partial charge in [0.2, 0.25) is 0 Å². The van der Waals surface area contributed by atoms with Crippen LogP contribution in [0.3, 0.4) is 0 Å². The molecular weight excluding hydrogens is 336 g/mol. The van der Waals surface area contributed by atoms with Crippen LogP contribution < -0.4 is 11.1 Å². The van der Waals surface area contributed by atoms with Crippen LogP contribution in [0.2, 0.25) is 0 Å². The number of benzene rings is 1. The number of nitrogens with two attached hydrogens (primary N) is 1. The lowest BCUT2D eigenvalue weighted by Crippen LogP contribution is -2.39. The first-order chi connectivity index (χ1) is 12.1. The number of nitrogen functional groups attached to an aromatic ring is 1. The molecule has 0 radical (unpaired) electrons. The van der Waals surface area contributed by atoms with Gasteiger partial charge in [0.15, 0.2) is 5.13 Å². The highest BCUT2D eigenvalue weighted by atomic mass is 32.1. The second kappa shape index (κ2) is 6.36. The number of aromatic amines is 1. The van der Waals surface area contributed by atoms with E-state index >= 15 is 0 Å². The molecule has 2 amide bonds. The number of anilines is 1. The maximum Gasteiger partial charge on any atom is 0.318 e. The molecule has 3 aromatic rings. The molecule has 25 heavy (non-hydrogen) atoms. The van der Waals surface area contributed by atoms with Gasteiger partial charge in [-0.1, -0.05) is 12.1 Å². The standard InChI is InChI=1S/C17H20N6OS/c1-10-4-2-5-12-14(10)22-15(21-12)13-6-3-7-23(13)17(24)19-8-11-9-25-16(18)20-11/h2,4-5,9,13H,3,6-8H2,1H3,(H2,18,20)(H,19,24)(H,21,22). The van der Waals surface area contributed by atoms with Crippen LogP contribution in [0, 0.1) is 6.92 Å². The molecule has 1 fully saturated rings. The third-order valence-electron chi connectivity index (χ3n) is 4.55. The summed E-state index contributed by atoms with van der Waals surface area (Å²) < 4.78 is 0. The summed E-state index contributed by atoms with van der Waals surface area (Å²) in [6.07, 6.45) is 1.88. The maximum absolute atomic E-state index is 12.6. The number of hydrogen-bond acceptors (Lipinski definition) is 5. The van der Waals surface area contributed by atoms with Gasteiger partial charge in [-0.2, -0.15) is 0 Å². The molecule has 1 aromatic carbocycles. The minimum Gasteiger partial charge on any atom is -0.375 e. The Hall–Kier alpha value is -2.61. The summed E-state index contributed by atoms with van der Waals surface area (Å²) in [5.74, 6) is 0.856. The van der Waals surface area contributed by atoms with Crippen LogP contribution in [0.1, 0.15) is 36.0 Å². The summed E-state index contributed by atoms with van der Waals surface area (Å²) in [5.41, 5.74) is 9.53. The molecule has 2 aromatic heterocycles. The smallest absolute Gasteiger partial charge is 0.318 e. The fourth-order valence-corrected chi connectivity index (χ4v) is 3.88. The Morgan fingerprint density at radius 1 is 1.48 bits per heavy atom. The van der Waals surface area contributed by atoms with Crippen LogP contribution in [-0.4, -0.2) is 32.4 Å². The molecule has 4 N–H and O–H groups in total. The number of carbonyl (C=O) groups excluding carboxylic acids is 1. The van der Waals surface area contributed by atoms with Gasteiger partial charge in [0.1, 0.15) is 5.82 Å². The molecule has 0 bridgehead atoms. The van der Waals surface area contributed by atoms with Crippen molar-refractivity contribution in [3.05, 3.63) is 40.7 Å². The van der Waals surface area contributed by atoms with Crippen molar-refractivity contribution < 1.29 is 4.79 Å². The van der Waals surface area contributed by atoms with Crippen LogP contribution in [0.15, 0.2) is 23.6 Å². The van der Waals surface area contributed by atoms with E-state index in [0.29, 0.717) is 11.7 Å². The summed E-state index contributed by atoms with van der Waals surface area (Å²) in [4.78, 5) is 26.8. The summed E-state index contributed by atoms with van der Waals surface area (Å²) >= 11 is 1.38. The number of urea groups is 1. The van der Waals surface area contributed by atoms with Crippen LogP contribution in [0.4, 0.5) is 9.93 Å². The number of para-hydroxylation sites is 1. The largest absolute Gasteiger partial charge is 0.375 e. The van der Waals surface area contributed by atoms with Gasteiger partial charge in [0.05, 0.1) is 29.3 Å². The van der Waals surface area contributed by atoms with Gasteiger partial charge < -0.3 is 20.9 Å². The Labute approximate surface area is 149 Å². The van der Waals surface area contributed by atoms with Crippen molar-refractivity contribution in [2.45, 2.75) is 32.4 Å². The Bertz CT molecular complexity index is 917. The lowest BCUT2D eigenvalue weighted by atomic mass is 10.2. The molecule has 130 valence electrons. The molecule has 1 aliphatic heterocycles. The monoisotopic (exact) mass is 356 g/mol. The van der Waals surface area contributed by atoms with Gasteiger partial charge in [-0.3, -0.25) is 0 Å². The third kappa shape index (κ3) is 3.05. The second-order valence-electron chi connectivity index (χ2n) is 6.28. The molecule has 3 heterocycles. The minimum absolute atomic E-state index is 0.0210. The molecule has 1 aliphatic rings. The van der Waals surface area contributed by atoms with Crippen molar-refractivity contribution >= 4 is 33.5 Å². The van der Waals surface area contributed by atoms with Gasteiger partial charge in [-0.15, -0.1) is 11.3 Å². The Kier molecular flexibility index (Phi) is 4.04. The van der Waals surface area contributed by atoms with Crippen molar-refractivity contribution in [2.75, 3.05) is 12.3 Å². The number of amides is 2. The number of nitrogens with one attached hydrogen (secondary N) is 2. The number of rotatable bonds is 3. The minimum atomic E-state index is -0.0914. The molecule has 1 unspecified atom stereocenters. The molecule has 7 nitrogen and oxygen atoms in total. The highest BCUT2D eigenvalue weighted by Crippen LogP contribution is 2.31. The zero-order chi connectivity index (χ0) is 17.4.